The Bertz CT molecular complexity index is 662. The average molecular weight is 306 g/mol. The first kappa shape index (κ1) is 14.8. The van der Waals surface area contributed by atoms with E-state index < -0.39 is 12.0 Å². The Morgan fingerprint density at radius 1 is 1.19 bits per heavy atom. The van der Waals surface area contributed by atoms with Crippen molar-refractivity contribution in [2.75, 3.05) is 5.32 Å². The first-order chi connectivity index (χ1) is 10.0. The molecular weight excluding hydrogens is 294 g/mol. The van der Waals surface area contributed by atoms with Gasteiger partial charge in [-0.3, -0.25) is 4.98 Å². The van der Waals surface area contributed by atoms with Gasteiger partial charge >= 0.3 is 12.0 Å². The zero-order chi connectivity index (χ0) is 15.2. The molecule has 1 aromatic carbocycles. The molecule has 1 heterocycles. The maximum Gasteiger partial charge on any atom is 0.335 e. The third-order valence-electron chi connectivity index (χ3n) is 2.61. The van der Waals surface area contributed by atoms with Gasteiger partial charge in [0, 0.05) is 29.6 Å². The summed E-state index contributed by atoms with van der Waals surface area (Å²) in [6.07, 6.45) is 3.26. The second-order valence-corrected chi connectivity index (χ2v) is 4.63. The normalized spacial score (nSPS) is 9.95. The van der Waals surface area contributed by atoms with Crippen molar-refractivity contribution >= 4 is 29.3 Å². The number of rotatable bonds is 4. The van der Waals surface area contributed by atoms with Gasteiger partial charge in [-0.1, -0.05) is 11.6 Å². The number of hydrogen-bond acceptors (Lipinski definition) is 3. The molecule has 0 aliphatic heterocycles. The molecule has 0 radical (unpaired) electrons. The first-order valence-corrected chi connectivity index (χ1v) is 6.40. The molecule has 6 nitrogen and oxygen atoms in total. The Balaban J connectivity index is 1.98. The number of anilines is 1. The van der Waals surface area contributed by atoms with Crippen LogP contribution in [0.1, 0.15) is 15.9 Å². The van der Waals surface area contributed by atoms with E-state index >= 15 is 0 Å². The van der Waals surface area contributed by atoms with Gasteiger partial charge in [-0.05, 0) is 35.9 Å². The number of aromatic nitrogens is 1. The summed E-state index contributed by atoms with van der Waals surface area (Å²) in [7, 11) is 0. The van der Waals surface area contributed by atoms with Crippen LogP contribution in [-0.2, 0) is 6.54 Å². The van der Waals surface area contributed by atoms with Crippen molar-refractivity contribution in [3.63, 3.8) is 0 Å². The van der Waals surface area contributed by atoms with Crippen molar-refractivity contribution in [1.29, 1.82) is 0 Å². The maximum atomic E-state index is 11.7. The number of urea groups is 1. The number of hydrogen-bond donors (Lipinski definition) is 3. The monoisotopic (exact) mass is 305 g/mol. The van der Waals surface area contributed by atoms with Gasteiger partial charge < -0.3 is 15.7 Å². The van der Waals surface area contributed by atoms with Crippen LogP contribution in [0.2, 0.25) is 5.02 Å². The molecule has 0 unspecified atom stereocenters. The lowest BCUT2D eigenvalue weighted by molar-refractivity contribution is 0.0697. The summed E-state index contributed by atoms with van der Waals surface area (Å²) < 4.78 is 0. The Kier molecular flexibility index (Phi) is 4.73. The van der Waals surface area contributed by atoms with E-state index in [9.17, 15) is 9.59 Å². The number of halogens is 1. The van der Waals surface area contributed by atoms with Crippen molar-refractivity contribution in [2.24, 2.45) is 0 Å². The lowest BCUT2D eigenvalue weighted by Crippen LogP contribution is -2.28. The smallest absolute Gasteiger partial charge is 0.335 e. The molecule has 0 spiro atoms. The number of aromatic carboxylic acids is 1. The van der Waals surface area contributed by atoms with Crippen LogP contribution in [0.25, 0.3) is 0 Å². The van der Waals surface area contributed by atoms with Gasteiger partial charge in [0.05, 0.1) is 5.56 Å². The molecule has 0 bridgehead atoms. The van der Waals surface area contributed by atoms with E-state index in [1.807, 2.05) is 0 Å². The minimum absolute atomic E-state index is 0.00642. The van der Waals surface area contributed by atoms with Crippen molar-refractivity contribution in [2.45, 2.75) is 6.54 Å². The zero-order valence-corrected chi connectivity index (χ0v) is 11.6. The molecule has 0 aliphatic carbocycles. The molecule has 0 saturated carbocycles. The SMILES string of the molecule is O=C(NCc1ccncc1)Nc1cc(Cl)cc(C(=O)O)c1. The van der Waals surface area contributed by atoms with Crippen LogP contribution in [0.4, 0.5) is 10.5 Å². The van der Waals surface area contributed by atoms with Gasteiger partial charge in [0.25, 0.3) is 0 Å². The molecule has 21 heavy (non-hydrogen) atoms. The van der Waals surface area contributed by atoms with Crippen molar-refractivity contribution in [3.8, 4) is 0 Å². The largest absolute Gasteiger partial charge is 0.478 e. The van der Waals surface area contributed by atoms with Crippen LogP contribution < -0.4 is 10.6 Å². The number of carboxylic acid groups (broad SMARTS) is 1. The number of nitrogens with zero attached hydrogens (tertiary/aromatic N) is 1. The lowest BCUT2D eigenvalue weighted by atomic mass is 10.2. The van der Waals surface area contributed by atoms with Crippen molar-refractivity contribution in [1.82, 2.24) is 10.3 Å². The molecule has 1 aromatic heterocycles. The van der Waals surface area contributed by atoms with Crippen LogP contribution in [0.3, 0.4) is 0 Å². The first-order valence-electron chi connectivity index (χ1n) is 6.02. The molecule has 2 rings (SSSR count). The molecule has 0 aliphatic rings. The number of benzene rings is 1. The number of carboxylic acids is 1. The molecule has 3 N–H and O–H groups in total. The van der Waals surface area contributed by atoms with E-state index in [-0.39, 0.29) is 10.6 Å². The number of pyridine rings is 1. The highest BCUT2D eigenvalue weighted by Gasteiger charge is 2.08. The van der Waals surface area contributed by atoms with Crippen LogP contribution in [0.5, 0.6) is 0 Å². The fourth-order valence-corrected chi connectivity index (χ4v) is 1.88. The second-order valence-electron chi connectivity index (χ2n) is 4.20. The minimum Gasteiger partial charge on any atom is -0.478 e. The third-order valence-corrected chi connectivity index (χ3v) is 2.82. The Morgan fingerprint density at radius 3 is 2.57 bits per heavy atom. The van der Waals surface area contributed by atoms with E-state index in [1.165, 1.54) is 18.2 Å². The fraction of sp³-hybridized carbons (Fsp3) is 0.0714. The summed E-state index contributed by atoms with van der Waals surface area (Å²) in [4.78, 5) is 26.5. The number of carbonyl (C=O) groups excluding carboxylic acids is 1. The van der Waals surface area contributed by atoms with Gasteiger partial charge in [-0.25, -0.2) is 9.59 Å². The van der Waals surface area contributed by atoms with Gasteiger partial charge in [0.2, 0.25) is 0 Å². The van der Waals surface area contributed by atoms with Gasteiger partial charge in [-0.15, -0.1) is 0 Å². The van der Waals surface area contributed by atoms with E-state index in [4.69, 9.17) is 16.7 Å². The highest BCUT2D eigenvalue weighted by molar-refractivity contribution is 6.31. The van der Waals surface area contributed by atoms with E-state index in [0.29, 0.717) is 12.2 Å². The van der Waals surface area contributed by atoms with Crippen LogP contribution in [0.15, 0.2) is 42.7 Å². The quantitative estimate of drug-likeness (QED) is 0.810. The molecule has 108 valence electrons. The van der Waals surface area contributed by atoms with E-state index in [0.717, 1.165) is 5.56 Å². The lowest BCUT2D eigenvalue weighted by Gasteiger charge is -2.09. The fourth-order valence-electron chi connectivity index (χ4n) is 1.64. The summed E-state index contributed by atoms with van der Waals surface area (Å²) in [6.45, 7) is 0.334. The Labute approximate surface area is 125 Å². The summed E-state index contributed by atoms with van der Waals surface area (Å²) in [5.41, 5.74) is 1.22. The van der Waals surface area contributed by atoms with Crippen molar-refractivity contribution < 1.29 is 14.7 Å². The summed E-state index contributed by atoms with van der Waals surface area (Å²) >= 11 is 5.81. The maximum absolute atomic E-state index is 11.7. The third kappa shape index (κ3) is 4.47. The summed E-state index contributed by atoms with van der Waals surface area (Å²) in [5.74, 6) is -1.11. The highest BCUT2D eigenvalue weighted by Crippen LogP contribution is 2.19. The molecule has 0 saturated heterocycles. The zero-order valence-electron chi connectivity index (χ0n) is 10.8. The van der Waals surface area contributed by atoms with Crippen LogP contribution in [0, 0.1) is 0 Å². The molecule has 0 atom stereocenters. The molecular formula is C14H12ClN3O3. The molecule has 7 heteroatoms. The number of carbonyl (C=O) groups is 2. The molecule has 0 fully saturated rings. The van der Waals surface area contributed by atoms with E-state index in [1.54, 1.807) is 24.5 Å². The van der Waals surface area contributed by atoms with Crippen molar-refractivity contribution in [3.05, 3.63) is 58.9 Å². The highest BCUT2D eigenvalue weighted by atomic mass is 35.5. The predicted molar refractivity (Wildman–Crippen MR) is 78.5 cm³/mol. The topological polar surface area (TPSA) is 91.3 Å². The van der Waals surface area contributed by atoms with Gasteiger partial charge in [0.1, 0.15) is 0 Å². The average Bonchev–Trinajstić information content (AvgIpc) is 2.45. The van der Waals surface area contributed by atoms with Gasteiger partial charge in [-0.2, -0.15) is 0 Å². The Hall–Kier alpha value is -2.60. The summed E-state index contributed by atoms with van der Waals surface area (Å²) in [6, 6.07) is 7.22. The van der Waals surface area contributed by atoms with Crippen LogP contribution >= 0.6 is 11.6 Å². The molecule has 2 amide bonds. The number of amides is 2. The molecule has 2 aromatic rings. The summed E-state index contributed by atoms with van der Waals surface area (Å²) in [5, 5.41) is 14.3. The minimum atomic E-state index is -1.11. The van der Waals surface area contributed by atoms with Crippen LogP contribution in [-0.4, -0.2) is 22.1 Å². The Morgan fingerprint density at radius 2 is 1.90 bits per heavy atom. The van der Waals surface area contributed by atoms with E-state index in [2.05, 4.69) is 15.6 Å². The van der Waals surface area contributed by atoms with Gasteiger partial charge in [0.15, 0.2) is 0 Å². The second kappa shape index (κ2) is 6.71. The number of nitrogens with one attached hydrogen (secondary N) is 2. The predicted octanol–water partition coefficient (Wildman–Crippen LogP) is 2.75. The standard InChI is InChI=1S/C14H12ClN3O3/c15-11-5-10(13(19)20)6-12(7-11)18-14(21)17-8-9-1-3-16-4-2-9/h1-7H,8H2,(H,19,20)(H2,17,18,21).